The summed E-state index contributed by atoms with van der Waals surface area (Å²) in [6.07, 6.45) is 0. The van der Waals surface area contributed by atoms with E-state index >= 15 is 0 Å². The second kappa shape index (κ2) is 8.00. The van der Waals surface area contributed by atoms with Gasteiger partial charge in [0.25, 0.3) is 0 Å². The molecule has 0 fully saturated rings. The van der Waals surface area contributed by atoms with Gasteiger partial charge < -0.3 is 24.6 Å². The lowest BCUT2D eigenvalue weighted by atomic mass is 10.1. The monoisotopic (exact) mass is 420 g/mol. The number of aromatic hydroxyl groups is 2. The number of methoxy groups -OCH3 is 1. The van der Waals surface area contributed by atoms with Crippen molar-refractivity contribution in [3.63, 3.8) is 0 Å². The van der Waals surface area contributed by atoms with Gasteiger partial charge in [-0.1, -0.05) is 0 Å². The number of benzene rings is 3. The summed E-state index contributed by atoms with van der Waals surface area (Å²) in [6, 6.07) is 12.8. The van der Waals surface area contributed by atoms with E-state index in [1.165, 1.54) is 31.4 Å². The van der Waals surface area contributed by atoms with Gasteiger partial charge in [-0.15, -0.1) is 0 Å². The maximum absolute atomic E-state index is 11.8. The van der Waals surface area contributed by atoms with E-state index in [1.807, 2.05) is 0 Å². The molecule has 158 valence electrons. The highest BCUT2D eigenvalue weighted by Crippen LogP contribution is 2.36. The number of ether oxygens (including phenoxy) is 1. The zero-order valence-electron chi connectivity index (χ0n) is 17.1. The van der Waals surface area contributed by atoms with Crippen LogP contribution >= 0.6 is 0 Å². The summed E-state index contributed by atoms with van der Waals surface area (Å²) >= 11 is 0. The fourth-order valence-electron chi connectivity index (χ4n) is 3.44. The molecule has 1 heterocycles. The Morgan fingerprint density at radius 1 is 0.839 bits per heavy atom. The number of esters is 1. The summed E-state index contributed by atoms with van der Waals surface area (Å²) in [5.74, 6) is 0.472. The highest BCUT2D eigenvalue weighted by molar-refractivity contribution is 6.01. The van der Waals surface area contributed by atoms with Gasteiger partial charge in [0, 0.05) is 16.4 Å². The molecule has 0 aliphatic heterocycles. The third kappa shape index (κ3) is 3.88. The zero-order chi connectivity index (χ0) is 22.1. The van der Waals surface area contributed by atoms with Crippen LogP contribution < -0.4 is 15.3 Å². The van der Waals surface area contributed by atoms with Crippen molar-refractivity contribution in [3.8, 4) is 23.0 Å². The smallest absolute Gasteiger partial charge is 0.337 e. The van der Waals surface area contributed by atoms with E-state index in [1.54, 1.807) is 38.1 Å². The number of carbonyl (C=O) groups is 1. The Hall–Kier alpha value is -4.04. The number of aryl methyl sites for hydroxylation is 2. The minimum atomic E-state index is -0.434. The Morgan fingerprint density at radius 2 is 1.35 bits per heavy atom. The van der Waals surface area contributed by atoms with Crippen LogP contribution in [0.5, 0.6) is 23.0 Å². The van der Waals surface area contributed by atoms with Crippen molar-refractivity contribution in [1.82, 2.24) is 10.6 Å². The van der Waals surface area contributed by atoms with Crippen molar-refractivity contribution in [2.45, 2.75) is 13.8 Å². The van der Waals surface area contributed by atoms with Crippen LogP contribution in [0.3, 0.4) is 0 Å². The third-order valence-corrected chi connectivity index (χ3v) is 4.86. The molecule has 8 heteroatoms. The Kier molecular flexibility index (Phi) is 5.22. The summed E-state index contributed by atoms with van der Waals surface area (Å²) in [6.45, 7) is 3.59. The predicted molar refractivity (Wildman–Crippen MR) is 114 cm³/mol. The summed E-state index contributed by atoms with van der Waals surface area (Å²) < 4.78 is 4.76. The summed E-state index contributed by atoms with van der Waals surface area (Å²) in [5.41, 5.74) is 5.51. The normalized spacial score (nSPS) is 10.9. The predicted octanol–water partition coefficient (Wildman–Crippen LogP) is 4.08. The number of carbonyl (C=O) groups excluding carboxylic acids is 1. The molecule has 3 aromatic carbocycles. The minimum absolute atomic E-state index is 0.0460. The quantitative estimate of drug-likeness (QED) is 0.252. The van der Waals surface area contributed by atoms with Crippen molar-refractivity contribution in [2.75, 3.05) is 7.11 Å². The molecule has 8 nitrogen and oxygen atoms in total. The largest absolute Gasteiger partial charge is 0.508 e. The Morgan fingerprint density at radius 3 is 1.87 bits per heavy atom. The number of phenols is 2. The first-order chi connectivity index (χ1) is 14.9. The summed E-state index contributed by atoms with van der Waals surface area (Å²) in [5, 5.41) is 20.9. The zero-order valence-corrected chi connectivity index (χ0v) is 17.1. The van der Waals surface area contributed by atoms with Crippen LogP contribution in [0.2, 0.25) is 0 Å². The molecule has 4 aromatic rings. The van der Waals surface area contributed by atoms with Crippen LogP contribution in [0.4, 0.5) is 0 Å². The second-order valence-corrected chi connectivity index (χ2v) is 7.06. The number of aromatic nitrogens is 1. The average molecular weight is 420 g/mol. The Balaban J connectivity index is 1.68. The van der Waals surface area contributed by atoms with Crippen LogP contribution in [0.25, 0.3) is 21.8 Å². The molecular weight excluding hydrogens is 400 g/mol. The average Bonchev–Trinajstić information content (AvgIpc) is 2.74. The van der Waals surface area contributed by atoms with Gasteiger partial charge in [0.1, 0.15) is 11.5 Å². The number of rotatable bonds is 5. The number of pyridine rings is 1. The molecule has 0 saturated carbocycles. The maximum atomic E-state index is 11.8. The standard InChI is InChI=1S/C23H20N2O6/c1-12-8-14(23(28)29-3)9-13(2)21(12)30-25-31-22-17-10-15(26)4-6-19(17)24-20-7-5-16(27)11-18(20)22/h4-11,25-27H,1-3H3. The molecule has 0 atom stereocenters. The molecule has 3 N–H and O–H groups in total. The third-order valence-electron chi connectivity index (χ3n) is 4.86. The molecule has 0 unspecified atom stereocenters. The van der Waals surface area contributed by atoms with Crippen molar-refractivity contribution >= 4 is 27.8 Å². The van der Waals surface area contributed by atoms with Crippen LogP contribution in [-0.4, -0.2) is 28.3 Å². The Bertz CT molecular complexity index is 1240. The number of nitrogens with one attached hydrogen (secondary N) is 1. The van der Waals surface area contributed by atoms with Crippen molar-refractivity contribution in [1.29, 1.82) is 0 Å². The van der Waals surface area contributed by atoms with Crippen molar-refractivity contribution in [2.24, 2.45) is 0 Å². The van der Waals surface area contributed by atoms with E-state index in [9.17, 15) is 15.0 Å². The Labute approximate surface area is 177 Å². The van der Waals surface area contributed by atoms with E-state index in [4.69, 9.17) is 14.4 Å². The van der Waals surface area contributed by atoms with Crippen LogP contribution in [0, 0.1) is 13.8 Å². The van der Waals surface area contributed by atoms with Gasteiger partial charge in [-0.2, -0.15) is 0 Å². The van der Waals surface area contributed by atoms with E-state index in [2.05, 4.69) is 10.6 Å². The number of fused-ring (bicyclic) bond motifs is 2. The van der Waals surface area contributed by atoms with Gasteiger partial charge in [-0.3, -0.25) is 0 Å². The summed E-state index contributed by atoms with van der Waals surface area (Å²) in [7, 11) is 1.33. The molecular formula is C23H20N2O6. The molecule has 0 aliphatic rings. The fourth-order valence-corrected chi connectivity index (χ4v) is 3.44. The number of hydrogen-bond acceptors (Lipinski definition) is 8. The van der Waals surface area contributed by atoms with Crippen LogP contribution in [0.1, 0.15) is 21.5 Å². The molecule has 0 amide bonds. The first-order valence-corrected chi connectivity index (χ1v) is 9.41. The van der Waals surface area contributed by atoms with E-state index in [-0.39, 0.29) is 11.5 Å². The second-order valence-electron chi connectivity index (χ2n) is 7.06. The van der Waals surface area contributed by atoms with Crippen molar-refractivity contribution < 1.29 is 29.4 Å². The summed E-state index contributed by atoms with van der Waals surface area (Å²) in [4.78, 5) is 27.7. The molecule has 0 aliphatic carbocycles. The minimum Gasteiger partial charge on any atom is -0.508 e. The van der Waals surface area contributed by atoms with Gasteiger partial charge in [-0.05, 0) is 73.5 Å². The van der Waals surface area contributed by atoms with E-state index in [0.717, 1.165) is 0 Å². The van der Waals surface area contributed by atoms with Crippen molar-refractivity contribution in [3.05, 3.63) is 65.2 Å². The highest BCUT2D eigenvalue weighted by atomic mass is 16.9. The number of hydrogen-bond donors (Lipinski definition) is 3. The number of nitrogens with zero attached hydrogens (tertiary/aromatic N) is 1. The highest BCUT2D eigenvalue weighted by Gasteiger charge is 2.15. The lowest BCUT2D eigenvalue weighted by molar-refractivity contribution is -0.0178. The van der Waals surface area contributed by atoms with Gasteiger partial charge in [0.15, 0.2) is 11.5 Å². The maximum Gasteiger partial charge on any atom is 0.337 e. The topological polar surface area (TPSA) is 110 Å². The molecule has 31 heavy (non-hydrogen) atoms. The first-order valence-electron chi connectivity index (χ1n) is 9.41. The lowest BCUT2D eigenvalue weighted by Gasteiger charge is -2.16. The molecule has 1 aromatic heterocycles. The molecule has 0 radical (unpaired) electrons. The van der Waals surface area contributed by atoms with Crippen LogP contribution in [-0.2, 0) is 4.74 Å². The van der Waals surface area contributed by atoms with E-state index < -0.39 is 5.97 Å². The molecule has 4 rings (SSSR count). The molecule has 0 spiro atoms. The van der Waals surface area contributed by atoms with Gasteiger partial charge in [-0.25, -0.2) is 9.78 Å². The number of phenolic OH excluding ortho intramolecular Hbond substituents is 2. The van der Waals surface area contributed by atoms with Gasteiger partial charge >= 0.3 is 5.97 Å². The lowest BCUT2D eigenvalue weighted by Crippen LogP contribution is -2.24. The molecule has 0 saturated heterocycles. The first kappa shape index (κ1) is 20.2. The molecule has 0 bridgehead atoms. The van der Waals surface area contributed by atoms with Crippen LogP contribution in [0.15, 0.2) is 48.5 Å². The fraction of sp³-hybridized carbons (Fsp3) is 0.130. The van der Waals surface area contributed by atoms with Gasteiger partial charge in [0.2, 0.25) is 0 Å². The van der Waals surface area contributed by atoms with Gasteiger partial charge in [0.05, 0.1) is 23.7 Å². The SMILES string of the molecule is COC(=O)c1cc(C)c(ONOc2c3cc(O)ccc3nc3ccc(O)cc23)c(C)c1. The van der Waals surface area contributed by atoms with E-state index in [0.29, 0.717) is 50.0 Å².